The topological polar surface area (TPSA) is 53.0 Å². The van der Waals surface area contributed by atoms with Crippen molar-refractivity contribution in [2.75, 3.05) is 39.8 Å². The maximum absolute atomic E-state index is 10.8. The van der Waals surface area contributed by atoms with Crippen LogP contribution in [0.1, 0.15) is 24.9 Å². The van der Waals surface area contributed by atoms with Gasteiger partial charge in [0.05, 0.1) is 13.7 Å². The van der Waals surface area contributed by atoms with Crippen molar-refractivity contribution in [3.63, 3.8) is 0 Å². The van der Waals surface area contributed by atoms with E-state index in [4.69, 9.17) is 9.84 Å². The highest BCUT2D eigenvalue weighted by Gasteiger charge is 2.24. The molecular formula is C16H24N2O3. The van der Waals surface area contributed by atoms with Crippen LogP contribution in [0, 0.1) is 0 Å². The van der Waals surface area contributed by atoms with Crippen molar-refractivity contribution in [3.8, 4) is 5.75 Å². The predicted octanol–water partition coefficient (Wildman–Crippen LogP) is 1.85. The van der Waals surface area contributed by atoms with Gasteiger partial charge in [0.2, 0.25) is 0 Å². The van der Waals surface area contributed by atoms with Gasteiger partial charge in [-0.05, 0) is 24.1 Å². The number of carboxylic acid groups (broad SMARTS) is 1. The molecule has 1 fully saturated rings. The Bertz CT molecular complexity index is 453. The van der Waals surface area contributed by atoms with Crippen molar-refractivity contribution in [2.24, 2.45) is 0 Å². The van der Waals surface area contributed by atoms with Crippen LogP contribution in [0.4, 0.5) is 0 Å². The number of methoxy groups -OCH3 is 1. The Kier molecular flexibility index (Phi) is 5.59. The van der Waals surface area contributed by atoms with Gasteiger partial charge in [0.1, 0.15) is 5.75 Å². The van der Waals surface area contributed by atoms with Crippen LogP contribution in [0.5, 0.6) is 5.75 Å². The number of ether oxygens (including phenoxy) is 1. The minimum Gasteiger partial charge on any atom is -0.497 e. The lowest BCUT2D eigenvalue weighted by molar-refractivity contribution is -0.138. The van der Waals surface area contributed by atoms with E-state index in [-0.39, 0.29) is 6.54 Å². The number of benzene rings is 1. The maximum Gasteiger partial charge on any atom is 0.317 e. The maximum atomic E-state index is 10.8. The first-order valence-corrected chi connectivity index (χ1v) is 7.46. The molecule has 21 heavy (non-hydrogen) atoms. The number of hydrogen-bond donors (Lipinski definition) is 1. The molecule has 0 aliphatic carbocycles. The third kappa shape index (κ3) is 4.19. The quantitative estimate of drug-likeness (QED) is 0.867. The van der Waals surface area contributed by atoms with Gasteiger partial charge in [-0.3, -0.25) is 14.6 Å². The first kappa shape index (κ1) is 15.8. The minimum absolute atomic E-state index is 0.146. The number of hydrogen-bond acceptors (Lipinski definition) is 4. The summed E-state index contributed by atoms with van der Waals surface area (Å²) >= 11 is 0. The molecule has 1 N–H and O–H groups in total. The lowest BCUT2D eigenvalue weighted by Crippen LogP contribution is -2.48. The summed E-state index contributed by atoms with van der Waals surface area (Å²) in [7, 11) is 1.67. The average Bonchev–Trinajstić information content (AvgIpc) is 2.50. The molecule has 1 aromatic rings. The molecule has 2 rings (SSSR count). The fourth-order valence-corrected chi connectivity index (χ4v) is 2.96. The van der Waals surface area contributed by atoms with Crippen LogP contribution in [-0.2, 0) is 4.79 Å². The van der Waals surface area contributed by atoms with Gasteiger partial charge < -0.3 is 9.84 Å². The minimum atomic E-state index is -0.745. The fraction of sp³-hybridized carbons (Fsp3) is 0.562. The van der Waals surface area contributed by atoms with Crippen LogP contribution in [0.15, 0.2) is 24.3 Å². The van der Waals surface area contributed by atoms with E-state index in [0.29, 0.717) is 6.04 Å². The monoisotopic (exact) mass is 292 g/mol. The van der Waals surface area contributed by atoms with Crippen LogP contribution < -0.4 is 4.74 Å². The van der Waals surface area contributed by atoms with Gasteiger partial charge in [0.15, 0.2) is 0 Å². The Morgan fingerprint density at radius 1 is 1.24 bits per heavy atom. The van der Waals surface area contributed by atoms with Gasteiger partial charge in [0.25, 0.3) is 0 Å². The average molecular weight is 292 g/mol. The normalized spacial score (nSPS) is 18.4. The van der Waals surface area contributed by atoms with E-state index in [1.54, 1.807) is 7.11 Å². The summed E-state index contributed by atoms with van der Waals surface area (Å²) in [6.45, 7) is 5.80. The zero-order chi connectivity index (χ0) is 15.2. The van der Waals surface area contributed by atoms with Crippen LogP contribution in [0.2, 0.25) is 0 Å². The summed E-state index contributed by atoms with van der Waals surface area (Å²) in [5.74, 6) is 0.130. The van der Waals surface area contributed by atoms with Gasteiger partial charge in [0, 0.05) is 32.2 Å². The molecule has 0 radical (unpaired) electrons. The standard InChI is InChI=1S/C16H24N2O3/c1-3-15(13-4-6-14(21-2)7-5-13)18-10-8-17(9-11-18)12-16(19)20/h4-7,15H,3,8-12H2,1-2H3,(H,19,20). The number of carboxylic acids is 1. The van der Waals surface area contributed by atoms with Gasteiger partial charge in [-0.2, -0.15) is 0 Å². The number of piperazine rings is 1. The van der Waals surface area contributed by atoms with E-state index < -0.39 is 5.97 Å². The molecule has 0 bridgehead atoms. The van der Waals surface area contributed by atoms with E-state index in [1.807, 2.05) is 17.0 Å². The Hall–Kier alpha value is -1.59. The van der Waals surface area contributed by atoms with Gasteiger partial charge in [-0.15, -0.1) is 0 Å². The summed E-state index contributed by atoms with van der Waals surface area (Å²) in [5.41, 5.74) is 1.30. The lowest BCUT2D eigenvalue weighted by atomic mass is 10.0. The third-order valence-corrected chi connectivity index (χ3v) is 4.09. The second-order valence-electron chi connectivity index (χ2n) is 5.40. The fourth-order valence-electron chi connectivity index (χ4n) is 2.96. The number of nitrogens with zero attached hydrogens (tertiary/aromatic N) is 2. The van der Waals surface area contributed by atoms with E-state index in [2.05, 4.69) is 24.0 Å². The highest BCUT2D eigenvalue weighted by Crippen LogP contribution is 2.26. The summed E-state index contributed by atoms with van der Waals surface area (Å²) in [6.07, 6.45) is 1.05. The first-order chi connectivity index (χ1) is 10.1. The Balaban J connectivity index is 1.97. The van der Waals surface area contributed by atoms with Gasteiger partial charge >= 0.3 is 5.97 Å². The molecule has 0 amide bonds. The van der Waals surface area contributed by atoms with Gasteiger partial charge in [-0.1, -0.05) is 19.1 Å². The number of carbonyl (C=O) groups is 1. The zero-order valence-corrected chi connectivity index (χ0v) is 12.8. The molecule has 1 aliphatic rings. The largest absolute Gasteiger partial charge is 0.497 e. The van der Waals surface area contributed by atoms with E-state index in [1.165, 1.54) is 5.56 Å². The molecule has 5 heteroatoms. The van der Waals surface area contributed by atoms with Crippen molar-refractivity contribution in [1.82, 2.24) is 9.80 Å². The summed E-state index contributed by atoms with van der Waals surface area (Å²) in [6, 6.07) is 8.63. The summed E-state index contributed by atoms with van der Waals surface area (Å²) in [4.78, 5) is 15.2. The predicted molar refractivity (Wildman–Crippen MR) is 81.7 cm³/mol. The molecule has 0 aromatic heterocycles. The van der Waals surface area contributed by atoms with Crippen molar-refractivity contribution in [3.05, 3.63) is 29.8 Å². The molecule has 1 saturated heterocycles. The molecule has 1 aliphatic heterocycles. The van der Waals surface area contributed by atoms with E-state index in [9.17, 15) is 4.79 Å². The molecule has 0 spiro atoms. The van der Waals surface area contributed by atoms with Crippen molar-refractivity contribution >= 4 is 5.97 Å². The highest BCUT2D eigenvalue weighted by molar-refractivity contribution is 5.69. The van der Waals surface area contributed by atoms with Crippen LogP contribution in [0.25, 0.3) is 0 Å². The Morgan fingerprint density at radius 2 is 1.86 bits per heavy atom. The van der Waals surface area contributed by atoms with Crippen LogP contribution in [-0.4, -0.2) is 60.7 Å². The molecule has 1 atom stereocenters. The molecule has 1 aromatic carbocycles. The second kappa shape index (κ2) is 7.43. The second-order valence-corrected chi connectivity index (χ2v) is 5.40. The van der Waals surface area contributed by atoms with Crippen molar-refractivity contribution < 1.29 is 14.6 Å². The Labute approximate surface area is 126 Å². The molecule has 0 saturated carbocycles. The smallest absolute Gasteiger partial charge is 0.317 e. The zero-order valence-electron chi connectivity index (χ0n) is 12.8. The lowest BCUT2D eigenvalue weighted by Gasteiger charge is -2.38. The van der Waals surface area contributed by atoms with Gasteiger partial charge in [-0.25, -0.2) is 0 Å². The first-order valence-electron chi connectivity index (χ1n) is 7.46. The Morgan fingerprint density at radius 3 is 2.33 bits per heavy atom. The molecular weight excluding hydrogens is 268 g/mol. The summed E-state index contributed by atoms with van der Waals surface area (Å²) < 4.78 is 5.20. The van der Waals surface area contributed by atoms with Crippen molar-refractivity contribution in [2.45, 2.75) is 19.4 Å². The highest BCUT2D eigenvalue weighted by atomic mass is 16.5. The van der Waals surface area contributed by atoms with Crippen molar-refractivity contribution in [1.29, 1.82) is 0 Å². The molecule has 5 nitrogen and oxygen atoms in total. The molecule has 1 heterocycles. The summed E-state index contributed by atoms with van der Waals surface area (Å²) in [5, 5.41) is 8.85. The number of aliphatic carboxylic acids is 1. The van der Waals surface area contributed by atoms with E-state index in [0.717, 1.165) is 38.3 Å². The van der Waals surface area contributed by atoms with Crippen LogP contribution >= 0.6 is 0 Å². The molecule has 116 valence electrons. The SMILES string of the molecule is CCC(c1ccc(OC)cc1)N1CCN(CC(=O)O)CC1. The molecule has 1 unspecified atom stereocenters. The van der Waals surface area contributed by atoms with E-state index >= 15 is 0 Å². The third-order valence-electron chi connectivity index (χ3n) is 4.09. The van der Waals surface area contributed by atoms with Crippen LogP contribution in [0.3, 0.4) is 0 Å². The number of rotatable bonds is 6.